The summed E-state index contributed by atoms with van der Waals surface area (Å²) in [7, 11) is 1.64. The van der Waals surface area contributed by atoms with Gasteiger partial charge in [-0.3, -0.25) is 0 Å². The monoisotopic (exact) mass is 140 g/mol. The lowest BCUT2D eigenvalue weighted by Crippen LogP contribution is -2.25. The van der Waals surface area contributed by atoms with Crippen molar-refractivity contribution in [3.8, 4) is 12.3 Å². The van der Waals surface area contributed by atoms with Gasteiger partial charge >= 0.3 is 0 Å². The molecule has 2 unspecified atom stereocenters. The molecule has 0 saturated carbocycles. The van der Waals surface area contributed by atoms with Gasteiger partial charge in [-0.15, -0.1) is 12.3 Å². The Labute approximate surface area is 61.5 Å². The van der Waals surface area contributed by atoms with Crippen molar-refractivity contribution < 1.29 is 9.47 Å². The lowest BCUT2D eigenvalue weighted by Gasteiger charge is -2.20. The molecule has 1 aliphatic heterocycles. The van der Waals surface area contributed by atoms with Crippen LogP contribution in [0.15, 0.2) is 0 Å². The zero-order valence-corrected chi connectivity index (χ0v) is 6.39. The Morgan fingerprint density at radius 3 is 2.80 bits per heavy atom. The van der Waals surface area contributed by atoms with Crippen LogP contribution in [0.3, 0.4) is 0 Å². The van der Waals surface area contributed by atoms with Gasteiger partial charge in [-0.05, 0) is 6.92 Å². The van der Waals surface area contributed by atoms with E-state index in [1.807, 2.05) is 6.92 Å². The summed E-state index contributed by atoms with van der Waals surface area (Å²) < 4.78 is 10.4. The highest BCUT2D eigenvalue weighted by Gasteiger charge is 2.35. The quantitative estimate of drug-likeness (QED) is 0.506. The molecule has 1 aliphatic rings. The van der Waals surface area contributed by atoms with E-state index in [2.05, 4.69) is 5.92 Å². The van der Waals surface area contributed by atoms with Crippen LogP contribution in [0.4, 0.5) is 0 Å². The lowest BCUT2D eigenvalue weighted by molar-refractivity contribution is -0.178. The molecule has 0 amide bonds. The zero-order valence-electron chi connectivity index (χ0n) is 6.39. The molecule has 1 heterocycles. The molecule has 0 radical (unpaired) electrons. The Hall–Kier alpha value is -0.520. The van der Waals surface area contributed by atoms with Crippen molar-refractivity contribution in [2.75, 3.05) is 13.7 Å². The van der Waals surface area contributed by atoms with E-state index in [9.17, 15) is 0 Å². The first kappa shape index (κ1) is 7.59. The first-order valence-electron chi connectivity index (χ1n) is 3.35. The Kier molecular flexibility index (Phi) is 1.98. The van der Waals surface area contributed by atoms with Crippen molar-refractivity contribution in [3.63, 3.8) is 0 Å². The average Bonchev–Trinajstić information content (AvgIpc) is 2.33. The van der Waals surface area contributed by atoms with E-state index in [-0.39, 0.29) is 5.92 Å². The van der Waals surface area contributed by atoms with Crippen LogP contribution >= 0.6 is 0 Å². The summed E-state index contributed by atoms with van der Waals surface area (Å²) >= 11 is 0. The van der Waals surface area contributed by atoms with E-state index in [4.69, 9.17) is 15.9 Å². The maximum Gasteiger partial charge on any atom is 0.166 e. The summed E-state index contributed by atoms with van der Waals surface area (Å²) in [5, 5.41) is 0. The molecular formula is C8H12O2. The van der Waals surface area contributed by atoms with Gasteiger partial charge in [-0.2, -0.15) is 0 Å². The molecule has 0 aromatic heterocycles. The predicted molar refractivity (Wildman–Crippen MR) is 38.3 cm³/mol. The topological polar surface area (TPSA) is 18.5 Å². The van der Waals surface area contributed by atoms with Crippen molar-refractivity contribution in [3.05, 3.63) is 0 Å². The van der Waals surface area contributed by atoms with E-state index < -0.39 is 5.79 Å². The molecule has 1 fully saturated rings. The molecule has 0 spiro atoms. The summed E-state index contributed by atoms with van der Waals surface area (Å²) in [6, 6.07) is 0. The summed E-state index contributed by atoms with van der Waals surface area (Å²) in [5.41, 5.74) is 0. The van der Waals surface area contributed by atoms with Gasteiger partial charge < -0.3 is 9.47 Å². The fourth-order valence-corrected chi connectivity index (χ4v) is 1.09. The summed E-state index contributed by atoms with van der Waals surface area (Å²) in [4.78, 5) is 0. The van der Waals surface area contributed by atoms with Crippen molar-refractivity contribution >= 4 is 0 Å². The minimum absolute atomic E-state index is 0.227. The predicted octanol–water partition coefficient (Wildman–Crippen LogP) is 1.02. The molecule has 1 saturated heterocycles. The molecule has 1 rings (SSSR count). The molecule has 0 N–H and O–H groups in total. The number of hydrogen-bond acceptors (Lipinski definition) is 2. The van der Waals surface area contributed by atoms with E-state index in [0.29, 0.717) is 6.61 Å². The number of hydrogen-bond donors (Lipinski definition) is 0. The van der Waals surface area contributed by atoms with Crippen LogP contribution in [-0.2, 0) is 9.47 Å². The summed E-state index contributed by atoms with van der Waals surface area (Å²) in [6.45, 7) is 2.53. The highest BCUT2D eigenvalue weighted by Crippen LogP contribution is 2.29. The van der Waals surface area contributed by atoms with Gasteiger partial charge in [0.25, 0.3) is 0 Å². The minimum Gasteiger partial charge on any atom is -0.353 e. The molecule has 0 aromatic carbocycles. The van der Waals surface area contributed by atoms with Crippen molar-refractivity contribution in [1.82, 2.24) is 0 Å². The molecule has 56 valence electrons. The molecule has 10 heavy (non-hydrogen) atoms. The van der Waals surface area contributed by atoms with Crippen LogP contribution in [-0.4, -0.2) is 19.5 Å². The van der Waals surface area contributed by atoms with Crippen LogP contribution in [0.5, 0.6) is 0 Å². The van der Waals surface area contributed by atoms with Crippen LogP contribution in [0.25, 0.3) is 0 Å². The van der Waals surface area contributed by atoms with Gasteiger partial charge in [-0.25, -0.2) is 0 Å². The third-order valence-corrected chi connectivity index (χ3v) is 1.87. The van der Waals surface area contributed by atoms with E-state index in [1.165, 1.54) is 0 Å². The minimum atomic E-state index is -0.433. The maximum absolute atomic E-state index is 5.33. The SMILES string of the molecule is C#CC1COC(C)(OC)C1. The Morgan fingerprint density at radius 2 is 2.50 bits per heavy atom. The van der Waals surface area contributed by atoms with Crippen LogP contribution in [0.2, 0.25) is 0 Å². The smallest absolute Gasteiger partial charge is 0.166 e. The zero-order chi connectivity index (χ0) is 7.61. The molecule has 2 nitrogen and oxygen atoms in total. The van der Waals surface area contributed by atoms with Gasteiger partial charge in [0, 0.05) is 19.4 Å². The number of rotatable bonds is 1. The first-order valence-corrected chi connectivity index (χ1v) is 3.35. The maximum atomic E-state index is 5.33. The van der Waals surface area contributed by atoms with E-state index in [1.54, 1.807) is 7.11 Å². The van der Waals surface area contributed by atoms with E-state index >= 15 is 0 Å². The van der Waals surface area contributed by atoms with Gasteiger partial charge in [0.2, 0.25) is 0 Å². The Balaban J connectivity index is 2.51. The van der Waals surface area contributed by atoms with Gasteiger partial charge in [0.15, 0.2) is 5.79 Å². The molecule has 0 bridgehead atoms. The van der Waals surface area contributed by atoms with Crippen LogP contribution < -0.4 is 0 Å². The van der Waals surface area contributed by atoms with Crippen LogP contribution in [0.1, 0.15) is 13.3 Å². The summed E-state index contributed by atoms with van der Waals surface area (Å²) in [5.74, 6) is 2.44. The fourth-order valence-electron chi connectivity index (χ4n) is 1.09. The first-order chi connectivity index (χ1) is 4.70. The normalized spacial score (nSPS) is 39.5. The van der Waals surface area contributed by atoms with Crippen molar-refractivity contribution in [1.29, 1.82) is 0 Å². The second-order valence-electron chi connectivity index (χ2n) is 2.72. The molecule has 0 aromatic rings. The number of terminal acetylenes is 1. The summed E-state index contributed by atoms with van der Waals surface area (Å²) in [6.07, 6.45) is 6.03. The van der Waals surface area contributed by atoms with Gasteiger partial charge in [-0.1, -0.05) is 0 Å². The Morgan fingerprint density at radius 1 is 1.80 bits per heavy atom. The molecule has 0 aliphatic carbocycles. The standard InChI is InChI=1S/C8H12O2/c1-4-7-5-8(2,9-3)10-6-7/h1,7H,5-6H2,2-3H3. The second kappa shape index (κ2) is 2.61. The second-order valence-corrected chi connectivity index (χ2v) is 2.72. The number of methoxy groups -OCH3 is 1. The average molecular weight is 140 g/mol. The largest absolute Gasteiger partial charge is 0.353 e. The third-order valence-electron chi connectivity index (χ3n) is 1.87. The van der Waals surface area contributed by atoms with Crippen LogP contribution in [0, 0.1) is 18.3 Å². The molecule has 2 atom stereocenters. The van der Waals surface area contributed by atoms with Gasteiger partial charge in [0.05, 0.1) is 6.61 Å². The molecule has 2 heteroatoms. The van der Waals surface area contributed by atoms with Crippen molar-refractivity contribution in [2.24, 2.45) is 5.92 Å². The highest BCUT2D eigenvalue weighted by molar-refractivity contribution is 4.98. The van der Waals surface area contributed by atoms with E-state index in [0.717, 1.165) is 6.42 Å². The molecular weight excluding hydrogens is 128 g/mol. The third kappa shape index (κ3) is 1.31. The van der Waals surface area contributed by atoms with Gasteiger partial charge in [0.1, 0.15) is 0 Å². The lowest BCUT2D eigenvalue weighted by atomic mass is 10.1. The van der Waals surface area contributed by atoms with Crippen molar-refractivity contribution in [2.45, 2.75) is 19.1 Å². The highest BCUT2D eigenvalue weighted by atomic mass is 16.7. The number of ether oxygens (including phenoxy) is 2. The Bertz CT molecular complexity index is 159. The fraction of sp³-hybridized carbons (Fsp3) is 0.750.